The standard InChI is InChI=1S/C13H20N2O4S/c1-3-18-13(6-4-5-9(2)7-13)11-14-12(19-15-11)20-8-10(16)17/h9H,3-8H2,1-2H3,(H,16,17). The minimum atomic E-state index is -0.902. The molecule has 1 aliphatic carbocycles. The number of carboxylic acids is 1. The molecule has 0 bridgehead atoms. The average Bonchev–Trinajstić information content (AvgIpc) is 2.86. The molecule has 0 aromatic carbocycles. The number of carboxylic acid groups (broad SMARTS) is 1. The van der Waals surface area contributed by atoms with Crippen molar-refractivity contribution in [3.8, 4) is 0 Å². The van der Waals surface area contributed by atoms with E-state index in [0.29, 0.717) is 23.6 Å². The Morgan fingerprint density at radius 1 is 1.65 bits per heavy atom. The highest BCUT2D eigenvalue weighted by Crippen LogP contribution is 2.42. The average molecular weight is 300 g/mol. The van der Waals surface area contributed by atoms with Crippen LogP contribution >= 0.6 is 11.8 Å². The smallest absolute Gasteiger partial charge is 0.314 e. The van der Waals surface area contributed by atoms with E-state index >= 15 is 0 Å². The van der Waals surface area contributed by atoms with Crippen LogP contribution in [-0.2, 0) is 15.1 Å². The number of aliphatic carboxylic acids is 1. The third-order valence-corrected chi connectivity index (χ3v) is 4.31. The topological polar surface area (TPSA) is 85.5 Å². The van der Waals surface area contributed by atoms with Gasteiger partial charge in [-0.3, -0.25) is 4.79 Å². The molecule has 1 saturated carbocycles. The van der Waals surface area contributed by atoms with E-state index in [1.165, 1.54) is 6.42 Å². The summed E-state index contributed by atoms with van der Waals surface area (Å²) in [6.07, 6.45) is 4.03. The molecule has 0 spiro atoms. The second kappa shape index (κ2) is 6.58. The Labute approximate surface area is 122 Å². The zero-order chi connectivity index (χ0) is 14.6. The number of thioether (sulfide) groups is 1. The van der Waals surface area contributed by atoms with E-state index in [-0.39, 0.29) is 5.75 Å². The quantitative estimate of drug-likeness (QED) is 0.808. The normalized spacial score (nSPS) is 26.6. The van der Waals surface area contributed by atoms with Gasteiger partial charge >= 0.3 is 5.97 Å². The molecule has 2 rings (SSSR count). The summed E-state index contributed by atoms with van der Waals surface area (Å²) >= 11 is 1.04. The van der Waals surface area contributed by atoms with Gasteiger partial charge in [-0.25, -0.2) is 0 Å². The van der Waals surface area contributed by atoms with Gasteiger partial charge in [-0.05, 0) is 32.1 Å². The van der Waals surface area contributed by atoms with Gasteiger partial charge in [-0.1, -0.05) is 30.3 Å². The van der Waals surface area contributed by atoms with Crippen molar-refractivity contribution in [2.24, 2.45) is 5.92 Å². The molecule has 0 aliphatic heterocycles. The number of hydrogen-bond donors (Lipinski definition) is 1. The third kappa shape index (κ3) is 3.52. The molecule has 1 heterocycles. The molecule has 1 fully saturated rings. The van der Waals surface area contributed by atoms with E-state index in [1.807, 2.05) is 6.92 Å². The molecule has 1 aromatic rings. The van der Waals surface area contributed by atoms with Gasteiger partial charge in [0.15, 0.2) is 0 Å². The maximum absolute atomic E-state index is 10.6. The fourth-order valence-electron chi connectivity index (χ4n) is 2.75. The van der Waals surface area contributed by atoms with Crippen LogP contribution < -0.4 is 0 Å². The molecule has 1 N–H and O–H groups in total. The summed E-state index contributed by atoms with van der Waals surface area (Å²) in [6, 6.07) is 0. The molecular weight excluding hydrogens is 280 g/mol. The molecule has 1 aromatic heterocycles. The number of aromatic nitrogens is 2. The Morgan fingerprint density at radius 2 is 2.45 bits per heavy atom. The monoisotopic (exact) mass is 300 g/mol. The second-order valence-electron chi connectivity index (χ2n) is 5.20. The van der Waals surface area contributed by atoms with Crippen LogP contribution in [0.2, 0.25) is 0 Å². The fourth-order valence-corrected chi connectivity index (χ4v) is 3.24. The summed E-state index contributed by atoms with van der Waals surface area (Å²) in [7, 11) is 0. The van der Waals surface area contributed by atoms with Gasteiger partial charge in [0, 0.05) is 6.61 Å². The van der Waals surface area contributed by atoms with Crippen LogP contribution in [0.5, 0.6) is 0 Å². The number of hydrogen-bond acceptors (Lipinski definition) is 6. The Morgan fingerprint density at radius 3 is 3.10 bits per heavy atom. The summed E-state index contributed by atoms with van der Waals surface area (Å²) < 4.78 is 11.1. The van der Waals surface area contributed by atoms with Crippen molar-refractivity contribution in [1.29, 1.82) is 0 Å². The van der Waals surface area contributed by atoms with E-state index < -0.39 is 11.6 Å². The lowest BCUT2D eigenvalue weighted by Gasteiger charge is -2.37. The van der Waals surface area contributed by atoms with Gasteiger partial charge in [-0.2, -0.15) is 4.98 Å². The zero-order valence-electron chi connectivity index (χ0n) is 11.8. The van der Waals surface area contributed by atoms with Gasteiger partial charge in [0.25, 0.3) is 5.22 Å². The minimum Gasteiger partial charge on any atom is -0.481 e. The van der Waals surface area contributed by atoms with Crippen molar-refractivity contribution in [2.45, 2.75) is 50.4 Å². The summed E-state index contributed by atoms with van der Waals surface area (Å²) in [5.41, 5.74) is -0.474. The highest BCUT2D eigenvalue weighted by atomic mass is 32.2. The maximum atomic E-state index is 10.6. The van der Waals surface area contributed by atoms with Crippen LogP contribution in [-0.4, -0.2) is 33.6 Å². The zero-order valence-corrected chi connectivity index (χ0v) is 12.6. The van der Waals surface area contributed by atoms with Crippen molar-refractivity contribution in [1.82, 2.24) is 10.1 Å². The molecule has 1 aliphatic rings. The van der Waals surface area contributed by atoms with Gasteiger partial charge in [-0.15, -0.1) is 0 Å². The molecule has 2 atom stereocenters. The van der Waals surface area contributed by atoms with Crippen molar-refractivity contribution < 1.29 is 19.2 Å². The lowest BCUT2D eigenvalue weighted by atomic mass is 9.78. The summed E-state index contributed by atoms with van der Waals surface area (Å²) in [5.74, 6) is 0.128. The summed E-state index contributed by atoms with van der Waals surface area (Å²) in [5, 5.41) is 13.0. The third-order valence-electron chi connectivity index (χ3n) is 3.51. The molecule has 0 saturated heterocycles. The Kier molecular flexibility index (Phi) is 5.04. The van der Waals surface area contributed by atoms with Gasteiger partial charge < -0.3 is 14.4 Å². The maximum Gasteiger partial charge on any atom is 0.314 e. The van der Waals surface area contributed by atoms with E-state index in [4.69, 9.17) is 14.4 Å². The van der Waals surface area contributed by atoms with E-state index in [1.54, 1.807) is 0 Å². The molecule has 20 heavy (non-hydrogen) atoms. The number of nitrogens with zero attached hydrogens (tertiary/aromatic N) is 2. The first-order valence-corrected chi connectivity index (χ1v) is 7.87. The minimum absolute atomic E-state index is 0.0837. The van der Waals surface area contributed by atoms with Crippen LogP contribution in [0.4, 0.5) is 0 Å². The van der Waals surface area contributed by atoms with Crippen LogP contribution in [0.1, 0.15) is 45.4 Å². The predicted molar refractivity (Wildman–Crippen MR) is 73.6 cm³/mol. The van der Waals surface area contributed by atoms with E-state index in [2.05, 4.69) is 17.1 Å². The van der Waals surface area contributed by atoms with E-state index in [0.717, 1.165) is 31.0 Å². The summed E-state index contributed by atoms with van der Waals surface area (Å²) in [6.45, 7) is 4.76. The largest absolute Gasteiger partial charge is 0.481 e. The number of rotatable bonds is 6. The molecule has 2 unspecified atom stereocenters. The molecular formula is C13H20N2O4S. The SMILES string of the molecule is CCOC1(c2noc(SCC(=O)O)n2)CCCC(C)C1. The van der Waals surface area contributed by atoms with Crippen LogP contribution in [0.15, 0.2) is 9.75 Å². The van der Waals surface area contributed by atoms with Crippen LogP contribution in [0.3, 0.4) is 0 Å². The molecule has 112 valence electrons. The lowest BCUT2D eigenvalue weighted by molar-refractivity contribution is -0.133. The highest BCUT2D eigenvalue weighted by molar-refractivity contribution is 7.99. The first-order valence-electron chi connectivity index (χ1n) is 6.88. The van der Waals surface area contributed by atoms with E-state index in [9.17, 15) is 4.79 Å². The lowest BCUT2D eigenvalue weighted by Crippen LogP contribution is -2.36. The van der Waals surface area contributed by atoms with Crippen LogP contribution in [0, 0.1) is 5.92 Å². The van der Waals surface area contributed by atoms with Crippen molar-refractivity contribution in [3.05, 3.63) is 5.82 Å². The van der Waals surface area contributed by atoms with Gasteiger partial charge in [0.1, 0.15) is 11.4 Å². The molecule has 0 radical (unpaired) electrons. The number of carbonyl (C=O) groups is 1. The van der Waals surface area contributed by atoms with Gasteiger partial charge in [0.05, 0.1) is 0 Å². The first-order chi connectivity index (χ1) is 9.55. The van der Waals surface area contributed by atoms with Crippen molar-refractivity contribution >= 4 is 17.7 Å². The van der Waals surface area contributed by atoms with Crippen molar-refractivity contribution in [3.63, 3.8) is 0 Å². The molecule has 0 amide bonds. The Hall–Kier alpha value is -1.08. The Bertz CT molecular complexity index is 461. The first kappa shape index (κ1) is 15.3. The van der Waals surface area contributed by atoms with Gasteiger partial charge in [0.2, 0.25) is 5.82 Å². The summed E-state index contributed by atoms with van der Waals surface area (Å²) in [4.78, 5) is 14.9. The second-order valence-corrected chi connectivity index (χ2v) is 6.12. The molecule has 7 heteroatoms. The predicted octanol–water partition coefficient (Wildman–Crippen LogP) is 2.69. The van der Waals surface area contributed by atoms with Crippen molar-refractivity contribution in [2.75, 3.05) is 12.4 Å². The molecule has 6 nitrogen and oxygen atoms in total. The number of ether oxygens (including phenoxy) is 1. The fraction of sp³-hybridized carbons (Fsp3) is 0.769. The Balaban J connectivity index is 2.15. The van der Waals surface area contributed by atoms with Crippen LogP contribution in [0.25, 0.3) is 0 Å². The highest BCUT2D eigenvalue weighted by Gasteiger charge is 2.41.